The largest absolute Gasteiger partial charge is 0.325 e. The van der Waals surface area contributed by atoms with Crippen molar-refractivity contribution in [2.75, 3.05) is 5.32 Å². The monoisotopic (exact) mass is 299 g/mol. The topological polar surface area (TPSA) is 29.1 Å². The third-order valence-electron chi connectivity index (χ3n) is 4.05. The van der Waals surface area contributed by atoms with E-state index >= 15 is 0 Å². The number of nitrogens with one attached hydrogen (secondary N) is 1. The molecule has 0 spiro atoms. The van der Waals surface area contributed by atoms with Crippen LogP contribution < -0.4 is 5.32 Å². The smallest absolute Gasteiger partial charge is 0.232 e. The molecular weight excluding hydrogens is 282 g/mol. The van der Waals surface area contributed by atoms with Crippen LogP contribution in [0, 0.1) is 0 Å². The first-order chi connectivity index (χ1) is 10.0. The number of benzene rings is 2. The summed E-state index contributed by atoms with van der Waals surface area (Å²) in [5, 5.41) is 3.60. The van der Waals surface area contributed by atoms with Crippen molar-refractivity contribution in [2.24, 2.45) is 0 Å². The average molecular weight is 300 g/mol. The fraction of sp³-hybridized carbons (Fsp3) is 0.278. The number of anilines is 1. The van der Waals surface area contributed by atoms with Gasteiger partial charge in [0.15, 0.2) is 0 Å². The van der Waals surface area contributed by atoms with Crippen LogP contribution in [0.1, 0.15) is 42.4 Å². The molecule has 3 heteroatoms. The van der Waals surface area contributed by atoms with Gasteiger partial charge in [-0.15, -0.1) is 0 Å². The predicted molar refractivity (Wildman–Crippen MR) is 87.1 cm³/mol. The van der Waals surface area contributed by atoms with E-state index in [0.29, 0.717) is 17.4 Å². The Hall–Kier alpha value is -1.80. The van der Waals surface area contributed by atoms with Crippen LogP contribution in [0.25, 0.3) is 0 Å². The van der Waals surface area contributed by atoms with E-state index in [0.717, 1.165) is 11.3 Å². The number of fused-ring (bicyclic) bond motifs is 1. The summed E-state index contributed by atoms with van der Waals surface area (Å²) in [5.41, 5.74) is 4.37. The molecule has 1 amide bonds. The number of carbonyl (C=O) groups is 1. The summed E-state index contributed by atoms with van der Waals surface area (Å²) in [5.74, 6) is 0.428. The lowest BCUT2D eigenvalue weighted by Gasteiger charge is -2.11. The van der Waals surface area contributed by atoms with Crippen LogP contribution in [-0.4, -0.2) is 5.91 Å². The van der Waals surface area contributed by atoms with E-state index in [4.69, 9.17) is 11.6 Å². The highest BCUT2D eigenvalue weighted by Crippen LogP contribution is 2.36. The summed E-state index contributed by atoms with van der Waals surface area (Å²) in [4.78, 5) is 12.2. The van der Waals surface area contributed by atoms with Crippen molar-refractivity contribution >= 4 is 23.2 Å². The predicted octanol–water partition coefficient (Wildman–Crippen LogP) is 4.74. The van der Waals surface area contributed by atoms with Crippen molar-refractivity contribution in [1.82, 2.24) is 0 Å². The quantitative estimate of drug-likeness (QED) is 0.871. The highest BCUT2D eigenvalue weighted by atomic mass is 35.5. The third kappa shape index (κ3) is 2.81. The van der Waals surface area contributed by atoms with Crippen molar-refractivity contribution < 1.29 is 4.79 Å². The zero-order valence-electron chi connectivity index (χ0n) is 12.2. The maximum absolute atomic E-state index is 12.2. The Morgan fingerprint density at radius 2 is 1.86 bits per heavy atom. The summed E-state index contributed by atoms with van der Waals surface area (Å²) in [6.45, 7) is 4.36. The summed E-state index contributed by atoms with van der Waals surface area (Å²) in [6.07, 6.45) is 0.706. The van der Waals surface area contributed by atoms with Crippen molar-refractivity contribution in [3.05, 3.63) is 64.2 Å². The first-order valence-electron chi connectivity index (χ1n) is 7.24. The van der Waals surface area contributed by atoms with Gasteiger partial charge in [-0.25, -0.2) is 0 Å². The van der Waals surface area contributed by atoms with Crippen LogP contribution in [0.5, 0.6) is 0 Å². The molecule has 2 aromatic carbocycles. The lowest BCUT2D eigenvalue weighted by atomic mass is 9.92. The molecule has 1 aliphatic heterocycles. The van der Waals surface area contributed by atoms with Gasteiger partial charge in [-0.05, 0) is 47.2 Å². The van der Waals surface area contributed by atoms with E-state index < -0.39 is 0 Å². The van der Waals surface area contributed by atoms with Crippen LogP contribution in [0.3, 0.4) is 0 Å². The minimum absolute atomic E-state index is 0.0557. The highest BCUT2D eigenvalue weighted by molar-refractivity contribution is 6.31. The van der Waals surface area contributed by atoms with E-state index in [1.807, 2.05) is 12.1 Å². The summed E-state index contributed by atoms with van der Waals surface area (Å²) < 4.78 is 0. The molecule has 0 saturated heterocycles. The molecule has 2 nitrogen and oxygen atoms in total. The maximum Gasteiger partial charge on any atom is 0.232 e. The number of carbonyl (C=O) groups excluding carboxylic acids is 1. The van der Waals surface area contributed by atoms with E-state index in [9.17, 15) is 4.79 Å². The molecule has 0 saturated carbocycles. The van der Waals surface area contributed by atoms with Gasteiger partial charge in [-0.3, -0.25) is 4.79 Å². The van der Waals surface area contributed by atoms with E-state index in [2.05, 4.69) is 43.4 Å². The maximum atomic E-state index is 12.2. The molecule has 1 atom stereocenters. The normalized spacial score (nSPS) is 17.0. The molecule has 0 unspecified atom stereocenters. The summed E-state index contributed by atoms with van der Waals surface area (Å²) >= 11 is 6.06. The van der Waals surface area contributed by atoms with Gasteiger partial charge in [0, 0.05) is 10.7 Å². The Morgan fingerprint density at radius 1 is 1.14 bits per heavy atom. The fourth-order valence-electron chi connectivity index (χ4n) is 2.77. The Morgan fingerprint density at radius 3 is 2.52 bits per heavy atom. The van der Waals surface area contributed by atoms with Crippen LogP contribution >= 0.6 is 11.6 Å². The van der Waals surface area contributed by atoms with Gasteiger partial charge < -0.3 is 5.32 Å². The van der Waals surface area contributed by atoms with Crippen LogP contribution in [0.15, 0.2) is 42.5 Å². The Bertz CT molecular complexity index is 676. The second-order valence-corrected chi connectivity index (χ2v) is 6.31. The minimum atomic E-state index is -0.149. The van der Waals surface area contributed by atoms with Gasteiger partial charge >= 0.3 is 0 Å². The lowest BCUT2D eigenvalue weighted by molar-refractivity contribution is -0.117. The minimum Gasteiger partial charge on any atom is -0.325 e. The van der Waals surface area contributed by atoms with Gasteiger partial charge in [0.25, 0.3) is 0 Å². The molecule has 1 aliphatic rings. The zero-order chi connectivity index (χ0) is 15.0. The summed E-state index contributed by atoms with van der Waals surface area (Å²) in [6, 6.07) is 14.1. The fourth-order valence-corrected chi connectivity index (χ4v) is 2.95. The third-order valence-corrected chi connectivity index (χ3v) is 4.28. The lowest BCUT2D eigenvalue weighted by Crippen LogP contribution is -2.14. The van der Waals surface area contributed by atoms with Gasteiger partial charge in [-0.1, -0.05) is 49.7 Å². The zero-order valence-corrected chi connectivity index (χ0v) is 12.9. The molecule has 3 rings (SSSR count). The van der Waals surface area contributed by atoms with E-state index in [-0.39, 0.29) is 11.8 Å². The Balaban J connectivity index is 1.85. The SMILES string of the molecule is CC(C)c1ccc(C[C@H]2C(=O)Nc3ccc(Cl)cc32)cc1. The Kier molecular flexibility index (Phi) is 3.73. The number of rotatable bonds is 3. The van der Waals surface area contributed by atoms with Gasteiger partial charge in [0.1, 0.15) is 0 Å². The van der Waals surface area contributed by atoms with E-state index in [1.165, 1.54) is 11.1 Å². The first-order valence-corrected chi connectivity index (χ1v) is 7.61. The number of hydrogen-bond donors (Lipinski definition) is 1. The molecule has 0 aromatic heterocycles. The number of amides is 1. The molecule has 0 fully saturated rings. The molecule has 1 heterocycles. The second-order valence-electron chi connectivity index (χ2n) is 5.87. The van der Waals surface area contributed by atoms with Crippen LogP contribution in [0.4, 0.5) is 5.69 Å². The second kappa shape index (κ2) is 5.53. The van der Waals surface area contributed by atoms with Crippen molar-refractivity contribution in [1.29, 1.82) is 0 Å². The molecule has 1 N–H and O–H groups in total. The standard InChI is InChI=1S/C18H18ClNO/c1-11(2)13-5-3-12(4-6-13)9-16-15-10-14(19)7-8-17(15)20-18(16)21/h3-8,10-11,16H,9H2,1-2H3,(H,20,21)/t16-/m1/s1. The molecule has 21 heavy (non-hydrogen) atoms. The first kappa shape index (κ1) is 14.2. The van der Waals surface area contributed by atoms with Gasteiger partial charge in [0.05, 0.1) is 5.92 Å². The number of hydrogen-bond acceptors (Lipinski definition) is 1. The van der Waals surface area contributed by atoms with Crippen molar-refractivity contribution in [3.63, 3.8) is 0 Å². The van der Waals surface area contributed by atoms with Gasteiger partial charge in [-0.2, -0.15) is 0 Å². The molecule has 0 aliphatic carbocycles. The molecule has 0 radical (unpaired) electrons. The molecule has 2 aromatic rings. The molecular formula is C18H18ClNO. The molecule has 108 valence electrons. The summed E-state index contributed by atoms with van der Waals surface area (Å²) in [7, 11) is 0. The van der Waals surface area contributed by atoms with Crippen LogP contribution in [0.2, 0.25) is 5.02 Å². The molecule has 0 bridgehead atoms. The van der Waals surface area contributed by atoms with Crippen LogP contribution in [-0.2, 0) is 11.2 Å². The van der Waals surface area contributed by atoms with Gasteiger partial charge in [0.2, 0.25) is 5.91 Å². The number of halogens is 1. The highest BCUT2D eigenvalue weighted by Gasteiger charge is 2.30. The van der Waals surface area contributed by atoms with Crippen molar-refractivity contribution in [2.45, 2.75) is 32.1 Å². The Labute approximate surface area is 130 Å². The van der Waals surface area contributed by atoms with Crippen molar-refractivity contribution in [3.8, 4) is 0 Å². The van der Waals surface area contributed by atoms with E-state index in [1.54, 1.807) is 6.07 Å². The average Bonchev–Trinajstić information content (AvgIpc) is 2.76.